The Morgan fingerprint density at radius 2 is 1.88 bits per heavy atom. The van der Waals surface area contributed by atoms with E-state index >= 15 is 0 Å². The van der Waals surface area contributed by atoms with Crippen LogP contribution >= 0.6 is 0 Å². The van der Waals surface area contributed by atoms with Gasteiger partial charge in [-0.05, 0) is 24.5 Å². The van der Waals surface area contributed by atoms with Crippen molar-refractivity contribution in [2.75, 3.05) is 33.4 Å². The number of carbonyl (C=O) groups excluding carboxylic acids is 1. The summed E-state index contributed by atoms with van der Waals surface area (Å²) in [5, 5.41) is 6.04. The standard InChI is InChI=1S/C19H27F3N2O2/c1-26-13-12-23-10-11-24-17(25)18(8-3-2-4-9-18)15-6-5-7-16(14-15)19(20,21)22/h5-7,14,23H,2-4,8-13H2,1H3,(H,24,25). The number of nitrogens with one attached hydrogen (secondary N) is 2. The Kier molecular flexibility index (Phi) is 7.46. The monoisotopic (exact) mass is 372 g/mol. The molecule has 0 bridgehead atoms. The summed E-state index contributed by atoms with van der Waals surface area (Å²) in [5.74, 6) is -0.176. The molecule has 146 valence electrons. The van der Waals surface area contributed by atoms with Crippen LogP contribution in [0.2, 0.25) is 0 Å². The van der Waals surface area contributed by atoms with Gasteiger partial charge in [0.25, 0.3) is 0 Å². The van der Waals surface area contributed by atoms with Crippen molar-refractivity contribution in [2.24, 2.45) is 0 Å². The molecule has 2 rings (SSSR count). The fourth-order valence-electron chi connectivity index (χ4n) is 3.53. The molecule has 0 atom stereocenters. The van der Waals surface area contributed by atoms with Crippen molar-refractivity contribution < 1.29 is 22.7 Å². The lowest BCUT2D eigenvalue weighted by Gasteiger charge is -2.36. The predicted octanol–water partition coefficient (Wildman–Crippen LogP) is 3.26. The fraction of sp³-hybridized carbons (Fsp3) is 0.632. The second-order valence-corrected chi connectivity index (χ2v) is 6.72. The van der Waals surface area contributed by atoms with Crippen LogP contribution in [0.3, 0.4) is 0 Å². The Balaban J connectivity index is 2.11. The van der Waals surface area contributed by atoms with Crippen molar-refractivity contribution >= 4 is 5.91 Å². The maximum atomic E-state index is 13.1. The number of amides is 1. The Bertz CT molecular complexity index is 584. The molecule has 1 aliphatic rings. The van der Waals surface area contributed by atoms with Crippen LogP contribution < -0.4 is 10.6 Å². The number of hydrogen-bond donors (Lipinski definition) is 2. The molecule has 0 aromatic heterocycles. The number of rotatable bonds is 8. The highest BCUT2D eigenvalue weighted by atomic mass is 19.4. The van der Waals surface area contributed by atoms with E-state index in [-0.39, 0.29) is 5.91 Å². The largest absolute Gasteiger partial charge is 0.416 e. The van der Waals surface area contributed by atoms with Crippen LogP contribution in [0.15, 0.2) is 24.3 Å². The zero-order chi connectivity index (χ0) is 19.0. The molecule has 1 fully saturated rings. The molecule has 0 heterocycles. The molecule has 0 unspecified atom stereocenters. The third-order valence-electron chi connectivity index (χ3n) is 4.95. The summed E-state index contributed by atoms with van der Waals surface area (Å²) in [5.41, 5.74) is -1.10. The van der Waals surface area contributed by atoms with Crippen molar-refractivity contribution in [3.05, 3.63) is 35.4 Å². The number of alkyl halides is 3. The average molecular weight is 372 g/mol. The van der Waals surface area contributed by atoms with Gasteiger partial charge in [0.2, 0.25) is 5.91 Å². The van der Waals surface area contributed by atoms with E-state index in [0.717, 1.165) is 31.4 Å². The van der Waals surface area contributed by atoms with Gasteiger partial charge in [-0.3, -0.25) is 4.79 Å². The number of benzene rings is 1. The first-order valence-electron chi connectivity index (χ1n) is 9.06. The Labute approximate surface area is 152 Å². The molecule has 26 heavy (non-hydrogen) atoms. The molecular formula is C19H27F3N2O2. The first-order valence-corrected chi connectivity index (χ1v) is 9.06. The summed E-state index contributed by atoms with van der Waals surface area (Å²) >= 11 is 0. The first-order chi connectivity index (χ1) is 12.4. The quantitative estimate of drug-likeness (QED) is 0.689. The Morgan fingerprint density at radius 3 is 2.54 bits per heavy atom. The lowest BCUT2D eigenvalue weighted by Crippen LogP contribution is -2.47. The molecule has 1 aliphatic carbocycles. The average Bonchev–Trinajstić information content (AvgIpc) is 2.64. The third kappa shape index (κ3) is 5.20. The van der Waals surface area contributed by atoms with Crippen molar-refractivity contribution in [2.45, 2.75) is 43.7 Å². The second-order valence-electron chi connectivity index (χ2n) is 6.72. The fourth-order valence-corrected chi connectivity index (χ4v) is 3.53. The topological polar surface area (TPSA) is 50.4 Å². The molecule has 2 N–H and O–H groups in total. The van der Waals surface area contributed by atoms with Gasteiger partial charge in [0.1, 0.15) is 0 Å². The van der Waals surface area contributed by atoms with Crippen molar-refractivity contribution in [1.82, 2.24) is 10.6 Å². The summed E-state index contributed by atoms with van der Waals surface area (Å²) in [6.45, 7) is 2.30. The van der Waals surface area contributed by atoms with Gasteiger partial charge in [0.05, 0.1) is 17.6 Å². The molecule has 0 saturated heterocycles. The minimum Gasteiger partial charge on any atom is -0.383 e. The van der Waals surface area contributed by atoms with E-state index in [1.807, 2.05) is 0 Å². The Hall–Kier alpha value is -1.60. The molecule has 4 nitrogen and oxygen atoms in total. The minimum atomic E-state index is -4.41. The van der Waals surface area contributed by atoms with Gasteiger partial charge in [-0.2, -0.15) is 13.2 Å². The summed E-state index contributed by atoms with van der Waals surface area (Å²) < 4.78 is 44.2. The molecule has 0 radical (unpaired) electrons. The number of ether oxygens (including phenoxy) is 1. The zero-order valence-corrected chi connectivity index (χ0v) is 15.1. The van der Waals surface area contributed by atoms with E-state index in [4.69, 9.17) is 4.74 Å². The number of methoxy groups -OCH3 is 1. The van der Waals surface area contributed by atoms with Crippen molar-refractivity contribution in [3.8, 4) is 0 Å². The van der Waals surface area contributed by atoms with Crippen LogP contribution in [-0.4, -0.2) is 39.3 Å². The summed E-state index contributed by atoms with van der Waals surface area (Å²) in [6, 6.07) is 5.24. The normalized spacial score (nSPS) is 17.1. The van der Waals surface area contributed by atoms with Crippen molar-refractivity contribution in [3.63, 3.8) is 0 Å². The van der Waals surface area contributed by atoms with Gasteiger partial charge in [-0.1, -0.05) is 37.5 Å². The SMILES string of the molecule is COCCNCCNC(=O)C1(c2cccc(C(F)(F)F)c2)CCCCC1. The third-order valence-corrected chi connectivity index (χ3v) is 4.95. The van der Waals surface area contributed by atoms with E-state index < -0.39 is 17.2 Å². The van der Waals surface area contributed by atoms with E-state index in [9.17, 15) is 18.0 Å². The molecule has 7 heteroatoms. The van der Waals surface area contributed by atoms with Crippen molar-refractivity contribution in [1.29, 1.82) is 0 Å². The summed E-state index contributed by atoms with van der Waals surface area (Å²) in [7, 11) is 1.62. The lowest BCUT2D eigenvalue weighted by atomic mass is 9.68. The van der Waals surface area contributed by atoms with Crippen LogP contribution in [0.4, 0.5) is 13.2 Å². The Morgan fingerprint density at radius 1 is 1.15 bits per heavy atom. The van der Waals surface area contributed by atoms with Crippen LogP contribution in [-0.2, 0) is 21.1 Å². The van der Waals surface area contributed by atoms with Crippen LogP contribution in [0.5, 0.6) is 0 Å². The molecule has 1 amide bonds. The zero-order valence-electron chi connectivity index (χ0n) is 15.1. The van der Waals surface area contributed by atoms with Gasteiger partial charge in [0, 0.05) is 26.7 Å². The van der Waals surface area contributed by atoms with Gasteiger partial charge in [-0.25, -0.2) is 0 Å². The van der Waals surface area contributed by atoms with E-state index in [2.05, 4.69) is 10.6 Å². The number of halogens is 3. The highest BCUT2D eigenvalue weighted by molar-refractivity contribution is 5.88. The molecule has 1 saturated carbocycles. The molecular weight excluding hydrogens is 345 g/mol. The molecule has 1 aromatic carbocycles. The summed E-state index contributed by atoms with van der Waals surface area (Å²) in [4.78, 5) is 12.9. The van der Waals surface area contributed by atoms with E-state index in [1.165, 1.54) is 6.07 Å². The minimum absolute atomic E-state index is 0.176. The summed E-state index contributed by atoms with van der Waals surface area (Å²) in [6.07, 6.45) is -0.555. The van der Waals surface area contributed by atoms with E-state index in [1.54, 1.807) is 13.2 Å². The van der Waals surface area contributed by atoms with E-state index in [0.29, 0.717) is 44.6 Å². The highest BCUT2D eigenvalue weighted by Crippen LogP contribution is 2.41. The maximum Gasteiger partial charge on any atom is 0.416 e. The second kappa shape index (κ2) is 9.37. The van der Waals surface area contributed by atoms with Crippen LogP contribution in [0.1, 0.15) is 43.2 Å². The predicted molar refractivity (Wildman–Crippen MR) is 94.0 cm³/mol. The first kappa shape index (κ1) is 20.7. The molecule has 0 spiro atoms. The maximum absolute atomic E-state index is 13.1. The smallest absolute Gasteiger partial charge is 0.383 e. The van der Waals surface area contributed by atoms with Gasteiger partial charge in [-0.15, -0.1) is 0 Å². The van der Waals surface area contributed by atoms with Crippen LogP contribution in [0, 0.1) is 0 Å². The molecule has 0 aliphatic heterocycles. The molecule has 1 aromatic rings. The van der Waals surface area contributed by atoms with Gasteiger partial charge < -0.3 is 15.4 Å². The number of hydrogen-bond acceptors (Lipinski definition) is 3. The van der Waals surface area contributed by atoms with Gasteiger partial charge >= 0.3 is 6.18 Å². The lowest BCUT2D eigenvalue weighted by molar-refractivity contribution is -0.138. The highest BCUT2D eigenvalue weighted by Gasteiger charge is 2.42. The van der Waals surface area contributed by atoms with Gasteiger partial charge in [0.15, 0.2) is 0 Å². The number of carbonyl (C=O) groups is 1. The van der Waals surface area contributed by atoms with Crippen LogP contribution in [0.25, 0.3) is 0 Å².